The highest BCUT2D eigenvalue weighted by Crippen LogP contribution is 2.31. The normalized spacial score (nSPS) is 18.9. The van der Waals surface area contributed by atoms with E-state index in [-0.39, 0.29) is 11.7 Å². The zero-order valence-electron chi connectivity index (χ0n) is 15.1. The molecular weight excluding hydrogens is 358 g/mol. The summed E-state index contributed by atoms with van der Waals surface area (Å²) in [6.07, 6.45) is 1.83. The van der Waals surface area contributed by atoms with Crippen molar-refractivity contribution < 1.29 is 9.90 Å². The average Bonchev–Trinajstić information content (AvgIpc) is 3.04. The highest BCUT2D eigenvalue weighted by Gasteiger charge is 2.28. The number of carbonyl (C=O) groups is 1. The van der Waals surface area contributed by atoms with Crippen LogP contribution in [0.25, 0.3) is 6.08 Å². The van der Waals surface area contributed by atoms with Crippen LogP contribution in [0.4, 0.5) is 5.69 Å². The number of phenols is 1. The molecule has 1 amide bonds. The van der Waals surface area contributed by atoms with E-state index in [0.717, 1.165) is 36.9 Å². The molecule has 5 nitrogen and oxygen atoms in total. The molecule has 1 saturated heterocycles. The Bertz CT molecular complexity index is 913. The number of hydrogen-bond donors (Lipinski definition) is 1. The minimum Gasteiger partial charge on any atom is -0.508 e. The smallest absolute Gasteiger partial charge is 0.286 e. The van der Waals surface area contributed by atoms with Gasteiger partial charge in [-0.3, -0.25) is 4.79 Å². The number of phenolic OH excluding ortho intramolecular Hbond substituents is 1. The summed E-state index contributed by atoms with van der Waals surface area (Å²) in [6, 6.07) is 15.4. The molecule has 1 fully saturated rings. The first-order chi connectivity index (χ1) is 13.1. The lowest BCUT2D eigenvalue weighted by Gasteiger charge is -2.36. The molecule has 0 atom stereocenters. The fourth-order valence-corrected chi connectivity index (χ4v) is 4.20. The lowest BCUT2D eigenvalue weighted by atomic mass is 10.2. The maximum atomic E-state index is 12.3. The van der Waals surface area contributed by atoms with E-state index in [1.165, 1.54) is 23.0 Å². The van der Waals surface area contributed by atoms with Crippen molar-refractivity contribution in [2.24, 2.45) is 4.99 Å². The van der Waals surface area contributed by atoms with E-state index in [0.29, 0.717) is 4.91 Å². The molecule has 2 aliphatic rings. The Morgan fingerprint density at radius 1 is 1.04 bits per heavy atom. The summed E-state index contributed by atoms with van der Waals surface area (Å²) in [5.74, 6) is 0.0233. The second-order valence-corrected chi connectivity index (χ2v) is 7.72. The molecule has 1 N–H and O–H groups in total. The van der Waals surface area contributed by atoms with Gasteiger partial charge in [0.15, 0.2) is 5.17 Å². The van der Waals surface area contributed by atoms with Crippen molar-refractivity contribution in [2.75, 3.05) is 31.1 Å². The summed E-state index contributed by atoms with van der Waals surface area (Å²) in [6.45, 7) is 5.62. The van der Waals surface area contributed by atoms with Crippen LogP contribution in [-0.2, 0) is 4.79 Å². The lowest BCUT2D eigenvalue weighted by molar-refractivity contribution is -0.113. The fourth-order valence-electron chi connectivity index (χ4n) is 3.24. The number of aliphatic imine (C=N–C) groups is 1. The molecule has 4 rings (SSSR count). The molecule has 0 radical (unpaired) electrons. The molecule has 138 valence electrons. The molecule has 2 aromatic carbocycles. The van der Waals surface area contributed by atoms with Crippen LogP contribution in [0.5, 0.6) is 5.75 Å². The van der Waals surface area contributed by atoms with Crippen molar-refractivity contribution in [2.45, 2.75) is 6.92 Å². The van der Waals surface area contributed by atoms with Crippen LogP contribution in [0.1, 0.15) is 11.1 Å². The van der Waals surface area contributed by atoms with Gasteiger partial charge in [-0.15, -0.1) is 0 Å². The Morgan fingerprint density at radius 3 is 2.44 bits per heavy atom. The van der Waals surface area contributed by atoms with E-state index in [2.05, 4.69) is 46.0 Å². The van der Waals surface area contributed by atoms with Gasteiger partial charge >= 0.3 is 0 Å². The van der Waals surface area contributed by atoms with Gasteiger partial charge in [0.1, 0.15) is 5.75 Å². The van der Waals surface area contributed by atoms with Gasteiger partial charge in [0.25, 0.3) is 5.91 Å². The van der Waals surface area contributed by atoms with Crippen LogP contribution in [0.15, 0.2) is 58.4 Å². The van der Waals surface area contributed by atoms with E-state index in [1.54, 1.807) is 24.3 Å². The number of aryl methyl sites for hydroxylation is 1. The van der Waals surface area contributed by atoms with Crippen molar-refractivity contribution in [1.82, 2.24) is 4.90 Å². The van der Waals surface area contributed by atoms with E-state index < -0.39 is 0 Å². The summed E-state index contributed by atoms with van der Waals surface area (Å²) in [5, 5.41) is 10.2. The van der Waals surface area contributed by atoms with Crippen LogP contribution in [0.3, 0.4) is 0 Å². The second-order valence-electron chi connectivity index (χ2n) is 6.71. The molecule has 0 saturated carbocycles. The van der Waals surface area contributed by atoms with Crippen LogP contribution in [0, 0.1) is 6.92 Å². The zero-order chi connectivity index (χ0) is 18.8. The second kappa shape index (κ2) is 7.48. The lowest BCUT2D eigenvalue weighted by Crippen LogP contribution is -2.47. The van der Waals surface area contributed by atoms with Gasteiger partial charge in [-0.2, -0.15) is 4.99 Å². The first-order valence-electron chi connectivity index (χ1n) is 8.97. The number of rotatable bonds is 2. The van der Waals surface area contributed by atoms with Crippen molar-refractivity contribution in [3.63, 3.8) is 0 Å². The number of carbonyl (C=O) groups excluding carboxylic acids is 1. The number of nitrogens with zero attached hydrogens (tertiary/aromatic N) is 3. The maximum absolute atomic E-state index is 12.3. The zero-order valence-corrected chi connectivity index (χ0v) is 15.9. The molecule has 2 heterocycles. The standard InChI is InChI=1S/C21H21N3O2S/c1-15-3-2-4-17(13-15)23-9-11-24(12-10-23)21-22-20(26)19(27-21)14-16-5-7-18(25)8-6-16/h2-8,13-14,25H,9-12H2,1H3. The number of aromatic hydroxyl groups is 1. The summed E-state index contributed by atoms with van der Waals surface area (Å²) in [5.41, 5.74) is 3.39. The number of amidine groups is 1. The summed E-state index contributed by atoms with van der Waals surface area (Å²) in [4.78, 5) is 21.7. The Balaban J connectivity index is 1.40. The Morgan fingerprint density at radius 2 is 1.74 bits per heavy atom. The molecule has 0 spiro atoms. The largest absolute Gasteiger partial charge is 0.508 e. The van der Waals surface area contributed by atoms with Crippen molar-refractivity contribution in [1.29, 1.82) is 0 Å². The van der Waals surface area contributed by atoms with Gasteiger partial charge in [0.05, 0.1) is 4.91 Å². The van der Waals surface area contributed by atoms with Crippen molar-refractivity contribution in [3.8, 4) is 5.75 Å². The fraction of sp³-hybridized carbons (Fsp3) is 0.238. The van der Waals surface area contributed by atoms with Crippen LogP contribution < -0.4 is 4.90 Å². The van der Waals surface area contributed by atoms with Crippen LogP contribution in [0.2, 0.25) is 0 Å². The van der Waals surface area contributed by atoms with Gasteiger partial charge in [-0.05, 0) is 60.2 Å². The minimum atomic E-state index is -0.191. The molecule has 0 bridgehead atoms. The van der Waals surface area contributed by atoms with Gasteiger partial charge in [0.2, 0.25) is 0 Å². The van der Waals surface area contributed by atoms with Crippen LogP contribution in [-0.4, -0.2) is 47.3 Å². The summed E-state index contributed by atoms with van der Waals surface area (Å²) < 4.78 is 0. The summed E-state index contributed by atoms with van der Waals surface area (Å²) >= 11 is 1.43. The molecular formula is C21H21N3O2S. The molecule has 27 heavy (non-hydrogen) atoms. The van der Waals surface area contributed by atoms with E-state index >= 15 is 0 Å². The number of thioether (sulfide) groups is 1. The SMILES string of the molecule is Cc1cccc(N2CCN(C3=NC(=O)C(=Cc4ccc(O)cc4)S3)CC2)c1. The van der Waals surface area contributed by atoms with E-state index in [1.807, 2.05) is 6.08 Å². The third-order valence-electron chi connectivity index (χ3n) is 4.72. The van der Waals surface area contributed by atoms with E-state index in [4.69, 9.17) is 0 Å². The number of hydrogen-bond acceptors (Lipinski definition) is 5. The van der Waals surface area contributed by atoms with Gasteiger partial charge in [0, 0.05) is 31.9 Å². The van der Waals surface area contributed by atoms with Gasteiger partial charge in [-0.25, -0.2) is 0 Å². The average molecular weight is 379 g/mol. The number of benzene rings is 2. The maximum Gasteiger partial charge on any atom is 0.286 e. The number of piperazine rings is 1. The van der Waals surface area contributed by atoms with Crippen molar-refractivity contribution in [3.05, 3.63) is 64.6 Å². The van der Waals surface area contributed by atoms with Gasteiger partial charge in [-0.1, -0.05) is 24.3 Å². The first kappa shape index (κ1) is 17.7. The monoisotopic (exact) mass is 379 g/mol. The third-order valence-corrected chi connectivity index (χ3v) is 5.76. The molecule has 2 aromatic rings. The first-order valence-corrected chi connectivity index (χ1v) is 9.78. The molecule has 0 aromatic heterocycles. The molecule has 6 heteroatoms. The topological polar surface area (TPSA) is 56.1 Å². The highest BCUT2D eigenvalue weighted by molar-refractivity contribution is 8.18. The quantitative estimate of drug-likeness (QED) is 0.810. The van der Waals surface area contributed by atoms with Crippen molar-refractivity contribution >= 4 is 34.6 Å². The molecule has 0 aliphatic carbocycles. The highest BCUT2D eigenvalue weighted by atomic mass is 32.2. The Labute approximate surface area is 163 Å². The molecule has 0 unspecified atom stereocenters. The number of anilines is 1. The minimum absolute atomic E-state index is 0.191. The number of amides is 1. The predicted octanol–water partition coefficient (Wildman–Crippen LogP) is 3.49. The predicted molar refractivity (Wildman–Crippen MR) is 111 cm³/mol. The Kier molecular flexibility index (Phi) is 4.90. The van der Waals surface area contributed by atoms with Gasteiger partial charge < -0.3 is 14.9 Å². The Hall–Kier alpha value is -2.73. The molecule has 2 aliphatic heterocycles. The van der Waals surface area contributed by atoms with E-state index in [9.17, 15) is 9.90 Å². The third kappa shape index (κ3) is 4.01. The van der Waals surface area contributed by atoms with Crippen LogP contribution >= 0.6 is 11.8 Å². The summed E-state index contributed by atoms with van der Waals surface area (Å²) in [7, 11) is 0.